The molecular formula is C21H23ClF3N5O2S2. The summed E-state index contributed by atoms with van der Waals surface area (Å²) in [5.41, 5.74) is -1.66. The molecule has 1 aliphatic heterocycles. The van der Waals surface area contributed by atoms with E-state index in [9.17, 15) is 21.6 Å². The van der Waals surface area contributed by atoms with Crippen LogP contribution in [-0.2, 0) is 16.2 Å². The number of nitrogens with zero attached hydrogens (tertiary/aromatic N) is 3. The molecule has 1 saturated heterocycles. The van der Waals surface area contributed by atoms with E-state index in [-0.39, 0.29) is 26.7 Å². The average Bonchev–Trinajstić information content (AvgIpc) is 2.78. The minimum absolute atomic E-state index is 0.00848. The van der Waals surface area contributed by atoms with Gasteiger partial charge in [-0.3, -0.25) is 5.32 Å². The van der Waals surface area contributed by atoms with Crippen molar-refractivity contribution in [3.63, 3.8) is 0 Å². The minimum atomic E-state index is -4.72. The van der Waals surface area contributed by atoms with Crippen LogP contribution in [0.15, 0.2) is 41.3 Å². The van der Waals surface area contributed by atoms with Crippen molar-refractivity contribution in [1.29, 1.82) is 5.26 Å². The fourth-order valence-corrected chi connectivity index (χ4v) is 5.72. The van der Waals surface area contributed by atoms with Crippen LogP contribution in [0.1, 0.15) is 5.56 Å². The maximum Gasteiger partial charge on any atom is 0.417 e. The van der Waals surface area contributed by atoms with Gasteiger partial charge in [-0.05, 0) is 43.1 Å². The standard InChI is InChI=1S/C21H23ClF3N5O2S2/c1-29-7-9-30(10-8-29)34(31,32)16-5-3-14(4-6-16)19-17(21(23,24)25)11-15(12-18(19)22)28-20(33-2)27-13-26/h3-6,11-12,20,27-28H,7-10H2,1-2H3. The summed E-state index contributed by atoms with van der Waals surface area (Å²) in [5.74, 6) is 0. The second-order valence-corrected chi connectivity index (χ2v) is 10.9. The number of thioether (sulfide) groups is 1. The van der Waals surface area contributed by atoms with Gasteiger partial charge in [0, 0.05) is 37.4 Å². The summed E-state index contributed by atoms with van der Waals surface area (Å²) >= 11 is 7.47. The zero-order chi connectivity index (χ0) is 25.1. The molecule has 13 heteroatoms. The molecule has 1 atom stereocenters. The molecule has 184 valence electrons. The largest absolute Gasteiger partial charge is 0.417 e. The number of rotatable bonds is 7. The maximum atomic E-state index is 13.9. The Morgan fingerprint density at radius 3 is 2.29 bits per heavy atom. The molecule has 34 heavy (non-hydrogen) atoms. The second-order valence-electron chi connectivity index (χ2n) is 7.63. The van der Waals surface area contributed by atoms with Crippen LogP contribution in [-0.4, -0.2) is 62.6 Å². The van der Waals surface area contributed by atoms with Gasteiger partial charge in [-0.2, -0.15) is 22.7 Å². The molecule has 3 rings (SSSR count). The average molecular weight is 534 g/mol. The number of hydrogen-bond donors (Lipinski definition) is 2. The predicted octanol–water partition coefficient (Wildman–Crippen LogP) is 4.09. The number of halogens is 4. The topological polar surface area (TPSA) is 88.5 Å². The van der Waals surface area contributed by atoms with Crippen LogP contribution in [0.2, 0.25) is 5.02 Å². The van der Waals surface area contributed by atoms with E-state index in [1.54, 1.807) is 12.4 Å². The zero-order valence-electron chi connectivity index (χ0n) is 18.4. The van der Waals surface area contributed by atoms with Crippen LogP contribution >= 0.6 is 23.4 Å². The van der Waals surface area contributed by atoms with E-state index in [2.05, 4.69) is 10.6 Å². The van der Waals surface area contributed by atoms with Gasteiger partial charge in [0.2, 0.25) is 10.0 Å². The van der Waals surface area contributed by atoms with Crippen molar-refractivity contribution in [3.05, 3.63) is 47.0 Å². The summed E-state index contributed by atoms with van der Waals surface area (Å²) in [6.45, 7) is 1.89. The Balaban J connectivity index is 1.97. The summed E-state index contributed by atoms with van der Waals surface area (Å²) in [4.78, 5) is 2.03. The molecule has 2 aromatic rings. The van der Waals surface area contributed by atoms with E-state index in [4.69, 9.17) is 16.9 Å². The summed E-state index contributed by atoms with van der Waals surface area (Å²) in [5, 5.41) is 13.8. The number of anilines is 1. The summed E-state index contributed by atoms with van der Waals surface area (Å²) in [6, 6.07) is 7.50. The Morgan fingerprint density at radius 2 is 1.76 bits per heavy atom. The van der Waals surface area contributed by atoms with Crippen LogP contribution in [0.3, 0.4) is 0 Å². The van der Waals surface area contributed by atoms with Crippen molar-refractivity contribution < 1.29 is 21.6 Å². The van der Waals surface area contributed by atoms with Gasteiger partial charge in [0.05, 0.1) is 15.5 Å². The molecule has 1 heterocycles. The first-order valence-corrected chi connectivity index (χ1v) is 13.2. The van der Waals surface area contributed by atoms with E-state index in [0.29, 0.717) is 26.2 Å². The van der Waals surface area contributed by atoms with Gasteiger partial charge < -0.3 is 10.2 Å². The van der Waals surface area contributed by atoms with E-state index in [0.717, 1.165) is 6.07 Å². The number of alkyl halides is 3. The molecule has 2 N–H and O–H groups in total. The highest BCUT2D eigenvalue weighted by atomic mass is 35.5. The Bertz CT molecular complexity index is 1160. The molecule has 1 aliphatic rings. The lowest BCUT2D eigenvalue weighted by Crippen LogP contribution is -2.46. The third-order valence-electron chi connectivity index (χ3n) is 5.37. The molecular weight excluding hydrogens is 511 g/mol. The Kier molecular flexibility index (Phi) is 8.26. The van der Waals surface area contributed by atoms with E-state index >= 15 is 0 Å². The van der Waals surface area contributed by atoms with Crippen molar-refractivity contribution in [2.24, 2.45) is 0 Å². The van der Waals surface area contributed by atoms with Gasteiger partial charge >= 0.3 is 6.18 Å². The number of nitrogens with one attached hydrogen (secondary N) is 2. The number of sulfonamides is 1. The highest BCUT2D eigenvalue weighted by Crippen LogP contribution is 2.43. The molecule has 0 saturated carbocycles. The SMILES string of the molecule is CSC(NC#N)Nc1cc(Cl)c(-c2ccc(S(=O)(=O)N3CCN(C)CC3)cc2)c(C(F)(F)F)c1. The highest BCUT2D eigenvalue weighted by molar-refractivity contribution is 7.99. The van der Waals surface area contributed by atoms with Crippen LogP contribution < -0.4 is 10.6 Å². The Hall–Kier alpha value is -2.17. The third-order valence-corrected chi connectivity index (χ3v) is 8.29. The fourth-order valence-electron chi connectivity index (χ4n) is 3.54. The smallest absolute Gasteiger partial charge is 0.356 e. The summed E-state index contributed by atoms with van der Waals surface area (Å²) in [7, 11) is -1.85. The van der Waals surface area contributed by atoms with Crippen molar-refractivity contribution in [1.82, 2.24) is 14.5 Å². The zero-order valence-corrected chi connectivity index (χ0v) is 20.7. The van der Waals surface area contributed by atoms with E-state index < -0.39 is 27.3 Å². The van der Waals surface area contributed by atoms with Crippen molar-refractivity contribution >= 4 is 39.1 Å². The van der Waals surface area contributed by atoms with Crippen molar-refractivity contribution in [2.75, 3.05) is 44.8 Å². The normalized spacial score (nSPS) is 16.6. The number of nitriles is 1. The van der Waals surface area contributed by atoms with Gasteiger partial charge in [0.25, 0.3) is 0 Å². The van der Waals surface area contributed by atoms with E-state index in [1.807, 2.05) is 11.9 Å². The lowest BCUT2D eigenvalue weighted by molar-refractivity contribution is -0.137. The fraction of sp³-hybridized carbons (Fsp3) is 0.381. The van der Waals surface area contributed by atoms with Gasteiger partial charge in [0.1, 0.15) is 0 Å². The number of piperazine rings is 1. The number of benzene rings is 2. The second kappa shape index (κ2) is 10.6. The molecule has 0 spiro atoms. The van der Waals surface area contributed by atoms with Crippen molar-refractivity contribution in [2.45, 2.75) is 16.6 Å². The van der Waals surface area contributed by atoms with Crippen molar-refractivity contribution in [3.8, 4) is 17.3 Å². The Morgan fingerprint density at radius 1 is 1.15 bits per heavy atom. The Labute approximate surface area is 205 Å². The van der Waals surface area contributed by atoms with Gasteiger partial charge in [0.15, 0.2) is 11.7 Å². The van der Waals surface area contributed by atoms with Crippen LogP contribution in [0, 0.1) is 11.5 Å². The predicted molar refractivity (Wildman–Crippen MR) is 128 cm³/mol. The van der Waals surface area contributed by atoms with Crippen LogP contribution in [0.5, 0.6) is 0 Å². The quantitative estimate of drug-likeness (QED) is 0.315. The van der Waals surface area contributed by atoms with Gasteiger partial charge in [-0.15, -0.1) is 11.8 Å². The van der Waals surface area contributed by atoms with Gasteiger partial charge in [-0.1, -0.05) is 23.7 Å². The number of likely N-dealkylation sites (N-methyl/N-ethyl adjacent to an activating group) is 1. The van der Waals surface area contributed by atoms with Crippen LogP contribution in [0.25, 0.3) is 11.1 Å². The molecule has 2 aromatic carbocycles. The number of hydrogen-bond acceptors (Lipinski definition) is 7. The molecule has 0 radical (unpaired) electrons. The summed E-state index contributed by atoms with van der Waals surface area (Å²) in [6.07, 6.45) is -1.31. The monoisotopic (exact) mass is 533 g/mol. The maximum absolute atomic E-state index is 13.9. The molecule has 0 amide bonds. The lowest BCUT2D eigenvalue weighted by atomic mass is 9.98. The molecule has 0 aliphatic carbocycles. The van der Waals surface area contributed by atoms with E-state index in [1.165, 1.54) is 46.4 Å². The first-order chi connectivity index (χ1) is 16.0. The molecule has 0 bridgehead atoms. The molecule has 1 unspecified atom stereocenters. The first-order valence-electron chi connectivity index (χ1n) is 10.1. The third kappa shape index (κ3) is 5.90. The highest BCUT2D eigenvalue weighted by Gasteiger charge is 2.36. The molecule has 7 nitrogen and oxygen atoms in total. The van der Waals surface area contributed by atoms with Crippen LogP contribution in [0.4, 0.5) is 18.9 Å². The van der Waals surface area contributed by atoms with Gasteiger partial charge in [-0.25, -0.2) is 8.42 Å². The minimum Gasteiger partial charge on any atom is -0.356 e. The first kappa shape index (κ1) is 26.4. The lowest BCUT2D eigenvalue weighted by Gasteiger charge is -2.31. The molecule has 1 fully saturated rings. The molecule has 0 aromatic heterocycles. The summed E-state index contributed by atoms with van der Waals surface area (Å²) < 4.78 is 69.0.